The third-order valence-corrected chi connectivity index (χ3v) is 3.27. The van der Waals surface area contributed by atoms with E-state index in [1.165, 1.54) is 30.3 Å². The Hall–Kier alpha value is -2.83. The summed E-state index contributed by atoms with van der Waals surface area (Å²) in [5.74, 6) is -1.11. The normalized spacial score (nSPS) is 11.8. The smallest absolute Gasteiger partial charge is 0.416 e. The van der Waals surface area contributed by atoms with Crippen LogP contribution in [0.4, 0.5) is 13.2 Å². The van der Waals surface area contributed by atoms with Gasteiger partial charge in [0, 0.05) is 10.9 Å². The molecule has 3 aromatic rings. The molecule has 2 aromatic carbocycles. The summed E-state index contributed by atoms with van der Waals surface area (Å²) in [6.07, 6.45) is -4.45. The molecule has 0 aliphatic heterocycles. The number of H-pyrrole nitrogens is 1. The Morgan fingerprint density at radius 3 is 2.59 bits per heavy atom. The summed E-state index contributed by atoms with van der Waals surface area (Å²) in [7, 11) is 0. The van der Waals surface area contributed by atoms with Gasteiger partial charge in [-0.1, -0.05) is 12.1 Å². The first-order valence-corrected chi connectivity index (χ1v) is 6.25. The number of carbonyl (C=O) groups is 1. The highest BCUT2D eigenvalue weighted by Gasteiger charge is 2.30. The molecular formula is C15H9F3N2O2. The van der Waals surface area contributed by atoms with Crippen molar-refractivity contribution in [2.45, 2.75) is 6.18 Å². The van der Waals surface area contributed by atoms with E-state index < -0.39 is 17.7 Å². The summed E-state index contributed by atoms with van der Waals surface area (Å²) in [6.45, 7) is 0. The average Bonchev–Trinajstić information content (AvgIpc) is 2.89. The number of fused-ring (bicyclic) bond motifs is 1. The fourth-order valence-corrected chi connectivity index (χ4v) is 2.21. The number of nitrogens with zero attached hydrogens (tertiary/aromatic N) is 1. The van der Waals surface area contributed by atoms with Crippen molar-refractivity contribution >= 4 is 16.9 Å². The monoisotopic (exact) mass is 306 g/mol. The number of carboxylic acids is 1. The van der Waals surface area contributed by atoms with Gasteiger partial charge in [-0.05, 0) is 30.3 Å². The molecule has 0 unspecified atom stereocenters. The Bertz CT molecular complexity index is 869. The lowest BCUT2D eigenvalue weighted by Crippen LogP contribution is -2.04. The molecule has 0 amide bonds. The third kappa shape index (κ3) is 2.41. The highest BCUT2D eigenvalue weighted by atomic mass is 19.4. The van der Waals surface area contributed by atoms with Crippen molar-refractivity contribution < 1.29 is 23.1 Å². The van der Waals surface area contributed by atoms with Gasteiger partial charge in [-0.15, -0.1) is 0 Å². The largest absolute Gasteiger partial charge is 0.478 e. The van der Waals surface area contributed by atoms with Crippen molar-refractivity contribution in [1.82, 2.24) is 10.2 Å². The van der Waals surface area contributed by atoms with E-state index in [0.717, 1.165) is 12.1 Å². The maximum absolute atomic E-state index is 12.8. The molecule has 1 heterocycles. The molecule has 3 rings (SSSR count). The molecule has 0 saturated heterocycles. The average molecular weight is 306 g/mol. The SMILES string of the molecule is O=C(O)c1ccc2[nH]nc(-c3cccc(C(F)(F)F)c3)c2c1. The predicted octanol–water partition coefficient (Wildman–Crippen LogP) is 3.95. The van der Waals surface area contributed by atoms with Crippen LogP contribution in [-0.4, -0.2) is 21.3 Å². The summed E-state index contributed by atoms with van der Waals surface area (Å²) in [5, 5.41) is 16.2. The standard InChI is InChI=1S/C15H9F3N2O2/c16-15(17,18)10-3-1-2-8(6-10)13-11-7-9(14(21)22)4-5-12(11)19-20-13/h1-7H,(H,19,20)(H,21,22). The molecule has 0 saturated carbocycles. The highest BCUT2D eigenvalue weighted by molar-refractivity contribution is 5.98. The van der Waals surface area contributed by atoms with Crippen molar-refractivity contribution in [2.24, 2.45) is 0 Å². The van der Waals surface area contributed by atoms with Gasteiger partial charge in [-0.25, -0.2) is 4.79 Å². The Morgan fingerprint density at radius 2 is 1.91 bits per heavy atom. The van der Waals surface area contributed by atoms with E-state index in [1.807, 2.05) is 0 Å². The molecule has 7 heteroatoms. The van der Waals surface area contributed by atoms with Gasteiger partial charge in [-0.3, -0.25) is 5.10 Å². The number of aromatic amines is 1. The fourth-order valence-electron chi connectivity index (χ4n) is 2.21. The molecule has 0 fully saturated rings. The van der Waals surface area contributed by atoms with Gasteiger partial charge in [0.25, 0.3) is 0 Å². The number of aromatic carboxylic acids is 1. The lowest BCUT2D eigenvalue weighted by atomic mass is 10.0. The van der Waals surface area contributed by atoms with Gasteiger partial charge in [0.15, 0.2) is 0 Å². The number of aromatic nitrogens is 2. The molecule has 1 aromatic heterocycles. The van der Waals surface area contributed by atoms with E-state index in [1.54, 1.807) is 0 Å². The number of hydrogen-bond donors (Lipinski definition) is 2. The van der Waals surface area contributed by atoms with Crippen LogP contribution in [0.2, 0.25) is 0 Å². The number of alkyl halides is 3. The molecule has 0 atom stereocenters. The van der Waals surface area contributed by atoms with E-state index >= 15 is 0 Å². The van der Waals surface area contributed by atoms with Crippen LogP contribution in [0.15, 0.2) is 42.5 Å². The second kappa shape index (κ2) is 4.87. The van der Waals surface area contributed by atoms with Crippen LogP contribution < -0.4 is 0 Å². The molecule has 0 aliphatic rings. The summed E-state index contributed by atoms with van der Waals surface area (Å²) in [4.78, 5) is 11.0. The Morgan fingerprint density at radius 1 is 1.14 bits per heavy atom. The Labute approximate surface area is 122 Å². The van der Waals surface area contributed by atoms with Gasteiger partial charge in [0.1, 0.15) is 0 Å². The van der Waals surface area contributed by atoms with Crippen molar-refractivity contribution in [3.63, 3.8) is 0 Å². The predicted molar refractivity (Wildman–Crippen MR) is 73.5 cm³/mol. The van der Waals surface area contributed by atoms with Crippen LogP contribution in [0.5, 0.6) is 0 Å². The molecular weight excluding hydrogens is 297 g/mol. The van der Waals surface area contributed by atoms with Crippen molar-refractivity contribution in [3.8, 4) is 11.3 Å². The molecule has 112 valence electrons. The minimum atomic E-state index is -4.45. The number of hydrogen-bond acceptors (Lipinski definition) is 2. The third-order valence-electron chi connectivity index (χ3n) is 3.27. The molecule has 2 N–H and O–H groups in total. The van der Waals surface area contributed by atoms with Gasteiger partial charge >= 0.3 is 12.1 Å². The summed E-state index contributed by atoms with van der Waals surface area (Å²) in [5.41, 5.74) is 0.364. The number of carboxylic acid groups (broad SMARTS) is 1. The molecule has 0 aliphatic carbocycles. The lowest BCUT2D eigenvalue weighted by molar-refractivity contribution is -0.137. The van der Waals surface area contributed by atoms with Gasteiger partial charge in [0.2, 0.25) is 0 Å². The maximum Gasteiger partial charge on any atom is 0.416 e. The molecule has 22 heavy (non-hydrogen) atoms. The van der Waals surface area contributed by atoms with Gasteiger partial charge in [0.05, 0.1) is 22.3 Å². The van der Waals surface area contributed by atoms with Gasteiger partial charge in [-0.2, -0.15) is 18.3 Å². The van der Waals surface area contributed by atoms with Crippen LogP contribution in [0, 0.1) is 0 Å². The Balaban J connectivity index is 2.18. The minimum absolute atomic E-state index is 0.0436. The number of benzene rings is 2. The summed E-state index contributed by atoms with van der Waals surface area (Å²) >= 11 is 0. The first-order valence-electron chi connectivity index (χ1n) is 6.25. The fraction of sp³-hybridized carbons (Fsp3) is 0.0667. The topological polar surface area (TPSA) is 66.0 Å². The van der Waals surface area contributed by atoms with Crippen LogP contribution in [0.3, 0.4) is 0 Å². The van der Waals surface area contributed by atoms with Crippen molar-refractivity contribution in [1.29, 1.82) is 0 Å². The molecule has 4 nitrogen and oxygen atoms in total. The Kier molecular flexibility index (Phi) is 3.13. The van der Waals surface area contributed by atoms with Crippen LogP contribution in [0.1, 0.15) is 15.9 Å². The minimum Gasteiger partial charge on any atom is -0.478 e. The molecule has 0 spiro atoms. The number of nitrogens with one attached hydrogen (secondary N) is 1. The zero-order valence-corrected chi connectivity index (χ0v) is 11.0. The van der Waals surface area contributed by atoms with E-state index in [2.05, 4.69) is 10.2 Å². The van der Waals surface area contributed by atoms with Crippen LogP contribution in [0.25, 0.3) is 22.2 Å². The second-order valence-corrected chi connectivity index (χ2v) is 4.72. The molecule has 0 radical (unpaired) electrons. The van der Waals surface area contributed by atoms with E-state index in [0.29, 0.717) is 10.9 Å². The van der Waals surface area contributed by atoms with E-state index in [-0.39, 0.29) is 16.8 Å². The lowest BCUT2D eigenvalue weighted by Gasteiger charge is -2.07. The highest BCUT2D eigenvalue weighted by Crippen LogP contribution is 2.33. The zero-order valence-electron chi connectivity index (χ0n) is 11.0. The number of rotatable bonds is 2. The summed E-state index contributed by atoms with van der Waals surface area (Å²) in [6, 6.07) is 9.07. The zero-order chi connectivity index (χ0) is 15.9. The van der Waals surface area contributed by atoms with Gasteiger partial charge < -0.3 is 5.11 Å². The maximum atomic E-state index is 12.8. The number of halogens is 3. The summed E-state index contributed by atoms with van der Waals surface area (Å²) < 4.78 is 38.4. The van der Waals surface area contributed by atoms with E-state index in [4.69, 9.17) is 5.11 Å². The van der Waals surface area contributed by atoms with Crippen LogP contribution >= 0.6 is 0 Å². The first kappa shape index (κ1) is 14.1. The van der Waals surface area contributed by atoms with Crippen molar-refractivity contribution in [2.75, 3.05) is 0 Å². The van der Waals surface area contributed by atoms with Crippen LogP contribution in [-0.2, 0) is 6.18 Å². The van der Waals surface area contributed by atoms with Crippen molar-refractivity contribution in [3.05, 3.63) is 53.6 Å². The quantitative estimate of drug-likeness (QED) is 0.753. The van der Waals surface area contributed by atoms with E-state index in [9.17, 15) is 18.0 Å². The first-order chi connectivity index (χ1) is 10.4. The molecule has 0 bridgehead atoms. The second-order valence-electron chi connectivity index (χ2n) is 4.72.